The van der Waals surface area contributed by atoms with E-state index in [0.29, 0.717) is 12.5 Å². The minimum Gasteiger partial charge on any atom is -0.481 e. The average Bonchev–Trinajstić information content (AvgIpc) is 2.15. The molecule has 0 aromatic heterocycles. The molecular formula is C13H26ClNO2. The summed E-state index contributed by atoms with van der Waals surface area (Å²) in [6.07, 6.45) is 4.80. The summed E-state index contributed by atoms with van der Waals surface area (Å²) in [6.45, 7) is 7.23. The zero-order chi connectivity index (χ0) is 13.3. The van der Waals surface area contributed by atoms with E-state index < -0.39 is 5.97 Å². The van der Waals surface area contributed by atoms with Crippen molar-refractivity contribution in [2.24, 2.45) is 17.8 Å². The molecule has 4 heteroatoms. The Labute approximate surface area is 110 Å². The van der Waals surface area contributed by atoms with Gasteiger partial charge in [-0.2, -0.15) is 0 Å². The third kappa shape index (κ3) is 10.6. The van der Waals surface area contributed by atoms with Crippen LogP contribution in [0.5, 0.6) is 0 Å². The van der Waals surface area contributed by atoms with Crippen LogP contribution >= 0.6 is 11.8 Å². The van der Waals surface area contributed by atoms with Crippen LogP contribution in [-0.4, -0.2) is 17.6 Å². The van der Waals surface area contributed by atoms with Gasteiger partial charge < -0.3 is 5.11 Å². The zero-order valence-electron chi connectivity index (χ0n) is 11.2. The lowest BCUT2D eigenvalue weighted by atomic mass is 9.89. The molecule has 0 saturated heterocycles. The van der Waals surface area contributed by atoms with Crippen LogP contribution in [0.15, 0.2) is 0 Å². The maximum absolute atomic E-state index is 10.7. The molecule has 0 aliphatic rings. The fourth-order valence-electron chi connectivity index (χ4n) is 2.16. The summed E-state index contributed by atoms with van der Waals surface area (Å²) in [6, 6.07) is 0. The van der Waals surface area contributed by atoms with Crippen molar-refractivity contribution >= 4 is 17.7 Å². The Morgan fingerprint density at radius 1 is 1.29 bits per heavy atom. The quantitative estimate of drug-likeness (QED) is 0.591. The Balaban J connectivity index is 3.85. The second-order valence-corrected chi connectivity index (χ2v) is 5.73. The first-order valence-electron chi connectivity index (χ1n) is 6.51. The van der Waals surface area contributed by atoms with E-state index in [1.165, 1.54) is 19.3 Å². The monoisotopic (exact) mass is 263 g/mol. The molecule has 0 aliphatic carbocycles. The molecule has 0 spiro atoms. The first-order chi connectivity index (χ1) is 7.95. The minimum atomic E-state index is -0.740. The number of nitrogens with one attached hydrogen (secondary N) is 1. The second-order valence-electron chi connectivity index (χ2n) is 5.47. The number of halogens is 1. The summed E-state index contributed by atoms with van der Waals surface area (Å²) in [5.74, 6) is 0.722. The van der Waals surface area contributed by atoms with E-state index in [0.717, 1.165) is 12.3 Å². The third-order valence-corrected chi connectivity index (χ3v) is 3.20. The summed E-state index contributed by atoms with van der Waals surface area (Å²) < 4.78 is 0. The van der Waals surface area contributed by atoms with Gasteiger partial charge in [-0.25, -0.2) is 4.84 Å². The molecule has 17 heavy (non-hydrogen) atoms. The Bertz CT molecular complexity index is 210. The van der Waals surface area contributed by atoms with Crippen LogP contribution in [0.2, 0.25) is 0 Å². The first-order valence-corrected chi connectivity index (χ1v) is 6.88. The number of rotatable bonds is 10. The van der Waals surface area contributed by atoms with Gasteiger partial charge in [0.2, 0.25) is 0 Å². The molecule has 0 radical (unpaired) electrons. The van der Waals surface area contributed by atoms with Crippen molar-refractivity contribution in [1.82, 2.24) is 4.84 Å². The van der Waals surface area contributed by atoms with Crippen molar-refractivity contribution in [1.29, 1.82) is 0 Å². The van der Waals surface area contributed by atoms with Gasteiger partial charge in [0.1, 0.15) is 0 Å². The van der Waals surface area contributed by atoms with Gasteiger partial charge in [-0.1, -0.05) is 40.0 Å². The van der Waals surface area contributed by atoms with Crippen molar-refractivity contribution in [3.8, 4) is 0 Å². The smallest absolute Gasteiger partial charge is 0.303 e. The zero-order valence-corrected chi connectivity index (χ0v) is 12.0. The lowest BCUT2D eigenvalue weighted by Gasteiger charge is -2.19. The van der Waals surface area contributed by atoms with E-state index in [1.807, 2.05) is 0 Å². The molecule has 0 amide bonds. The second kappa shape index (κ2) is 9.72. The maximum atomic E-state index is 10.7. The Morgan fingerprint density at radius 3 is 2.41 bits per heavy atom. The van der Waals surface area contributed by atoms with E-state index in [4.69, 9.17) is 16.9 Å². The highest BCUT2D eigenvalue weighted by Gasteiger charge is 2.16. The molecule has 0 aliphatic heterocycles. The molecule has 0 rings (SSSR count). The maximum Gasteiger partial charge on any atom is 0.303 e. The SMILES string of the molecule is CC(C)CCC[C@H](C)CC(CNCl)CC(=O)O. The molecule has 0 heterocycles. The van der Waals surface area contributed by atoms with Crippen LogP contribution in [0.25, 0.3) is 0 Å². The van der Waals surface area contributed by atoms with Crippen LogP contribution in [0.3, 0.4) is 0 Å². The fraction of sp³-hybridized carbons (Fsp3) is 0.923. The molecule has 102 valence electrons. The molecule has 0 aromatic carbocycles. The van der Waals surface area contributed by atoms with Crippen LogP contribution in [0, 0.1) is 17.8 Å². The predicted octanol–water partition coefficient (Wildman–Crippen LogP) is 3.67. The number of carbonyl (C=O) groups is 1. The number of hydrogen-bond acceptors (Lipinski definition) is 2. The average molecular weight is 264 g/mol. The Hall–Kier alpha value is -0.280. The normalized spacial score (nSPS) is 14.9. The molecule has 0 fully saturated rings. The summed E-state index contributed by atoms with van der Waals surface area (Å²) >= 11 is 5.47. The van der Waals surface area contributed by atoms with E-state index in [-0.39, 0.29) is 12.3 Å². The van der Waals surface area contributed by atoms with Crippen LogP contribution in [-0.2, 0) is 4.79 Å². The fourth-order valence-corrected chi connectivity index (χ4v) is 2.37. The van der Waals surface area contributed by atoms with Gasteiger partial charge in [0.15, 0.2) is 0 Å². The van der Waals surface area contributed by atoms with E-state index in [1.54, 1.807) is 0 Å². The highest BCUT2D eigenvalue weighted by atomic mass is 35.5. The molecule has 3 nitrogen and oxygen atoms in total. The van der Waals surface area contributed by atoms with Crippen molar-refractivity contribution in [3.63, 3.8) is 0 Å². The molecule has 0 aromatic rings. The number of hydrogen-bond donors (Lipinski definition) is 2. The lowest BCUT2D eigenvalue weighted by molar-refractivity contribution is -0.138. The Morgan fingerprint density at radius 2 is 1.94 bits per heavy atom. The van der Waals surface area contributed by atoms with Gasteiger partial charge >= 0.3 is 5.97 Å². The van der Waals surface area contributed by atoms with Gasteiger partial charge in [0, 0.05) is 13.0 Å². The van der Waals surface area contributed by atoms with Gasteiger partial charge in [-0.15, -0.1) is 0 Å². The minimum absolute atomic E-state index is 0.138. The third-order valence-electron chi connectivity index (χ3n) is 3.04. The molecule has 1 unspecified atom stereocenters. The largest absolute Gasteiger partial charge is 0.481 e. The molecular weight excluding hydrogens is 238 g/mol. The van der Waals surface area contributed by atoms with E-state index in [9.17, 15) is 4.79 Å². The van der Waals surface area contributed by atoms with E-state index in [2.05, 4.69) is 25.6 Å². The molecule has 2 N–H and O–H groups in total. The lowest BCUT2D eigenvalue weighted by Crippen LogP contribution is -2.21. The van der Waals surface area contributed by atoms with Crippen LogP contribution in [0.4, 0.5) is 0 Å². The number of carboxylic acid groups (broad SMARTS) is 1. The van der Waals surface area contributed by atoms with Crippen molar-refractivity contribution in [2.45, 2.75) is 52.9 Å². The van der Waals surface area contributed by atoms with Gasteiger partial charge in [-0.05, 0) is 36.0 Å². The molecule has 0 saturated carbocycles. The van der Waals surface area contributed by atoms with Gasteiger partial charge in [0.25, 0.3) is 0 Å². The highest BCUT2D eigenvalue weighted by Crippen LogP contribution is 2.21. The Kier molecular flexibility index (Phi) is 9.56. The molecule has 0 bridgehead atoms. The topological polar surface area (TPSA) is 49.3 Å². The van der Waals surface area contributed by atoms with Crippen molar-refractivity contribution < 1.29 is 9.90 Å². The summed E-state index contributed by atoms with van der Waals surface area (Å²) in [5.41, 5.74) is 0. The number of carboxylic acids is 1. The van der Waals surface area contributed by atoms with Crippen molar-refractivity contribution in [2.75, 3.05) is 6.54 Å². The number of aliphatic carboxylic acids is 1. The summed E-state index contributed by atoms with van der Waals surface area (Å²) in [7, 11) is 0. The van der Waals surface area contributed by atoms with E-state index >= 15 is 0 Å². The van der Waals surface area contributed by atoms with Gasteiger partial charge in [0.05, 0.1) is 0 Å². The van der Waals surface area contributed by atoms with Crippen molar-refractivity contribution in [3.05, 3.63) is 0 Å². The first kappa shape index (κ1) is 16.7. The summed E-state index contributed by atoms with van der Waals surface area (Å²) in [4.78, 5) is 13.3. The van der Waals surface area contributed by atoms with Crippen LogP contribution in [0.1, 0.15) is 52.9 Å². The van der Waals surface area contributed by atoms with Crippen LogP contribution < -0.4 is 4.84 Å². The highest BCUT2D eigenvalue weighted by molar-refractivity contribution is 6.13. The summed E-state index contributed by atoms with van der Waals surface area (Å²) in [5, 5.41) is 8.80. The molecule has 2 atom stereocenters. The van der Waals surface area contributed by atoms with Gasteiger partial charge in [-0.3, -0.25) is 4.79 Å². The standard InChI is InChI=1S/C13H26ClNO2/c1-10(2)5-4-6-11(3)7-12(9-15-14)8-13(16)17/h10-12,15H,4-9H2,1-3H3,(H,16,17)/t11-,12?/m0/s1. The predicted molar refractivity (Wildman–Crippen MR) is 72.1 cm³/mol.